The fourth-order valence-corrected chi connectivity index (χ4v) is 1.54. The first kappa shape index (κ1) is 17.4. The van der Waals surface area contributed by atoms with Crippen molar-refractivity contribution in [3.05, 3.63) is 0 Å². The summed E-state index contributed by atoms with van der Waals surface area (Å²) < 4.78 is 5.05. The predicted octanol–water partition coefficient (Wildman–Crippen LogP) is 0.411. The highest BCUT2D eigenvalue weighted by molar-refractivity contribution is 5.78. The van der Waals surface area contributed by atoms with Crippen molar-refractivity contribution in [2.24, 2.45) is 0 Å². The number of methoxy groups -OCH3 is 1. The molecule has 18 heavy (non-hydrogen) atoms. The van der Waals surface area contributed by atoms with E-state index in [-0.39, 0.29) is 5.91 Å². The molecule has 5 heteroatoms. The van der Waals surface area contributed by atoms with E-state index in [1.807, 2.05) is 32.8 Å². The van der Waals surface area contributed by atoms with Gasteiger partial charge in [0, 0.05) is 26.2 Å². The highest BCUT2D eigenvalue weighted by Gasteiger charge is 2.13. The second-order valence-electron chi connectivity index (χ2n) is 5.07. The fourth-order valence-electron chi connectivity index (χ4n) is 1.54. The summed E-state index contributed by atoms with van der Waals surface area (Å²) in [6, 6.07) is 0.333. The molecule has 0 aliphatic rings. The van der Waals surface area contributed by atoms with Crippen molar-refractivity contribution in [1.82, 2.24) is 15.1 Å². The highest BCUT2D eigenvalue weighted by Crippen LogP contribution is 1.95. The third-order valence-electron chi connectivity index (χ3n) is 2.61. The summed E-state index contributed by atoms with van der Waals surface area (Å²) >= 11 is 0. The summed E-state index contributed by atoms with van der Waals surface area (Å²) in [4.78, 5) is 16.0. The number of nitrogens with zero attached hydrogens (tertiary/aromatic N) is 2. The van der Waals surface area contributed by atoms with Crippen molar-refractivity contribution in [3.63, 3.8) is 0 Å². The first-order valence-electron chi connectivity index (χ1n) is 6.62. The van der Waals surface area contributed by atoms with Crippen LogP contribution in [0.1, 0.15) is 20.3 Å². The van der Waals surface area contributed by atoms with Gasteiger partial charge < -0.3 is 19.9 Å². The lowest BCUT2D eigenvalue weighted by Crippen LogP contribution is -2.42. The highest BCUT2D eigenvalue weighted by atomic mass is 16.5. The number of rotatable bonds is 10. The first-order chi connectivity index (χ1) is 8.47. The smallest absolute Gasteiger partial charge is 0.236 e. The summed E-state index contributed by atoms with van der Waals surface area (Å²) in [6.07, 6.45) is 0.990. The number of hydrogen-bond donors (Lipinski definition) is 1. The fraction of sp³-hybridized carbons (Fsp3) is 0.923. The lowest BCUT2D eigenvalue weighted by Gasteiger charge is -2.24. The minimum atomic E-state index is 0.152. The maximum Gasteiger partial charge on any atom is 0.236 e. The van der Waals surface area contributed by atoms with Crippen LogP contribution < -0.4 is 5.32 Å². The molecule has 1 amide bonds. The minimum Gasteiger partial charge on any atom is -0.383 e. The molecule has 1 N–H and O–H groups in total. The zero-order valence-electron chi connectivity index (χ0n) is 12.5. The Morgan fingerprint density at radius 3 is 2.39 bits per heavy atom. The zero-order chi connectivity index (χ0) is 14.0. The number of carbonyl (C=O) groups excluding carboxylic acids is 1. The van der Waals surface area contributed by atoms with Gasteiger partial charge in [0.05, 0.1) is 13.2 Å². The van der Waals surface area contributed by atoms with Gasteiger partial charge in [0.1, 0.15) is 0 Å². The monoisotopic (exact) mass is 259 g/mol. The molecule has 0 aliphatic carbocycles. The van der Waals surface area contributed by atoms with E-state index in [9.17, 15) is 4.79 Å². The largest absolute Gasteiger partial charge is 0.383 e. The standard InChI is InChI=1S/C13H29N3O2/c1-12(2)14-11-13(17)16(9-10-18-5)8-6-7-15(3)4/h12,14H,6-11H2,1-5H3. The van der Waals surface area contributed by atoms with Crippen LogP contribution in [-0.2, 0) is 9.53 Å². The molecule has 0 aromatic heterocycles. The maximum atomic E-state index is 12.0. The van der Waals surface area contributed by atoms with E-state index < -0.39 is 0 Å². The molecule has 0 aromatic rings. The van der Waals surface area contributed by atoms with E-state index >= 15 is 0 Å². The number of carbonyl (C=O) groups is 1. The van der Waals surface area contributed by atoms with Gasteiger partial charge in [-0.3, -0.25) is 4.79 Å². The molecule has 0 rings (SSSR count). The molecule has 5 nitrogen and oxygen atoms in total. The molecule has 108 valence electrons. The van der Waals surface area contributed by atoms with E-state index in [4.69, 9.17) is 4.74 Å². The van der Waals surface area contributed by atoms with Gasteiger partial charge in [0.25, 0.3) is 0 Å². The van der Waals surface area contributed by atoms with Crippen LogP contribution >= 0.6 is 0 Å². The van der Waals surface area contributed by atoms with Crippen molar-refractivity contribution in [2.45, 2.75) is 26.3 Å². The minimum absolute atomic E-state index is 0.152. The Morgan fingerprint density at radius 1 is 1.22 bits per heavy atom. The Balaban J connectivity index is 4.06. The van der Waals surface area contributed by atoms with Gasteiger partial charge in [-0.05, 0) is 27.1 Å². The summed E-state index contributed by atoms with van der Waals surface area (Å²) in [5, 5.41) is 3.16. The number of amides is 1. The third kappa shape index (κ3) is 9.39. The van der Waals surface area contributed by atoms with Gasteiger partial charge >= 0.3 is 0 Å². The maximum absolute atomic E-state index is 12.0. The Kier molecular flexibility index (Phi) is 9.92. The average molecular weight is 259 g/mol. The van der Waals surface area contributed by atoms with Gasteiger partial charge in [-0.25, -0.2) is 0 Å². The van der Waals surface area contributed by atoms with Gasteiger partial charge in [0.15, 0.2) is 0 Å². The number of hydrogen-bond acceptors (Lipinski definition) is 4. The van der Waals surface area contributed by atoms with Crippen molar-refractivity contribution in [2.75, 3.05) is 54.0 Å². The molecular weight excluding hydrogens is 230 g/mol. The topological polar surface area (TPSA) is 44.8 Å². The summed E-state index contributed by atoms with van der Waals surface area (Å²) in [5.41, 5.74) is 0. The molecule has 0 radical (unpaired) electrons. The number of nitrogens with one attached hydrogen (secondary N) is 1. The second kappa shape index (κ2) is 10.3. The van der Waals surface area contributed by atoms with Crippen LogP contribution in [0.5, 0.6) is 0 Å². The van der Waals surface area contributed by atoms with Crippen molar-refractivity contribution in [1.29, 1.82) is 0 Å². The molecular formula is C13H29N3O2. The molecule has 0 saturated heterocycles. The van der Waals surface area contributed by atoms with Gasteiger partial charge in [-0.15, -0.1) is 0 Å². The third-order valence-corrected chi connectivity index (χ3v) is 2.61. The predicted molar refractivity (Wildman–Crippen MR) is 74.8 cm³/mol. The van der Waals surface area contributed by atoms with Crippen molar-refractivity contribution in [3.8, 4) is 0 Å². The first-order valence-corrected chi connectivity index (χ1v) is 6.62. The van der Waals surface area contributed by atoms with Gasteiger partial charge in [0.2, 0.25) is 5.91 Å². The SMILES string of the molecule is COCCN(CCCN(C)C)C(=O)CNC(C)C. The Morgan fingerprint density at radius 2 is 1.89 bits per heavy atom. The molecule has 0 unspecified atom stereocenters. The normalized spacial score (nSPS) is 11.3. The molecule has 0 atom stereocenters. The van der Waals surface area contributed by atoms with Crippen LogP contribution in [0.25, 0.3) is 0 Å². The van der Waals surface area contributed by atoms with Crippen LogP contribution in [0.2, 0.25) is 0 Å². The van der Waals surface area contributed by atoms with E-state index in [2.05, 4.69) is 10.2 Å². The molecule has 0 bridgehead atoms. The second-order valence-corrected chi connectivity index (χ2v) is 5.07. The Labute approximate surface area is 111 Å². The van der Waals surface area contributed by atoms with E-state index in [1.165, 1.54) is 0 Å². The van der Waals surface area contributed by atoms with Crippen LogP contribution in [0.4, 0.5) is 0 Å². The quantitative estimate of drug-likeness (QED) is 0.617. The summed E-state index contributed by atoms with van der Waals surface area (Å²) in [5.74, 6) is 0.152. The van der Waals surface area contributed by atoms with Gasteiger partial charge in [-0.1, -0.05) is 13.8 Å². The molecule has 0 spiro atoms. The van der Waals surface area contributed by atoms with Crippen molar-refractivity contribution >= 4 is 5.91 Å². The van der Waals surface area contributed by atoms with Crippen LogP contribution in [0.15, 0.2) is 0 Å². The molecule has 0 aromatic carbocycles. The summed E-state index contributed by atoms with van der Waals surface area (Å²) in [7, 11) is 5.75. The molecule has 0 heterocycles. The van der Waals surface area contributed by atoms with Crippen LogP contribution in [-0.4, -0.2) is 75.7 Å². The lowest BCUT2D eigenvalue weighted by molar-refractivity contribution is -0.131. The van der Waals surface area contributed by atoms with Crippen molar-refractivity contribution < 1.29 is 9.53 Å². The molecule has 0 fully saturated rings. The van der Waals surface area contributed by atoms with Gasteiger partial charge in [-0.2, -0.15) is 0 Å². The Hall–Kier alpha value is -0.650. The van der Waals surface area contributed by atoms with Crippen LogP contribution in [0.3, 0.4) is 0 Å². The number of ether oxygens (including phenoxy) is 1. The van der Waals surface area contributed by atoms with E-state index in [0.717, 1.165) is 19.5 Å². The molecule has 0 saturated carbocycles. The van der Waals surface area contributed by atoms with E-state index in [1.54, 1.807) is 7.11 Å². The zero-order valence-corrected chi connectivity index (χ0v) is 12.5. The lowest BCUT2D eigenvalue weighted by atomic mass is 10.3. The molecule has 0 aliphatic heterocycles. The Bertz CT molecular complexity index is 220. The van der Waals surface area contributed by atoms with Crippen LogP contribution in [0, 0.1) is 0 Å². The summed E-state index contributed by atoms with van der Waals surface area (Å²) in [6.45, 7) is 7.54. The van der Waals surface area contributed by atoms with E-state index in [0.29, 0.717) is 25.7 Å². The average Bonchev–Trinajstić information content (AvgIpc) is 2.30.